The van der Waals surface area contributed by atoms with Gasteiger partial charge >= 0.3 is 15.7 Å². The van der Waals surface area contributed by atoms with Crippen LogP contribution in [0.15, 0.2) is 62.6 Å². The van der Waals surface area contributed by atoms with Crippen LogP contribution in [0.1, 0.15) is 0 Å². The minimum absolute atomic E-state index is 0.0705. The van der Waals surface area contributed by atoms with Crippen LogP contribution in [0.2, 0.25) is 10.0 Å². The summed E-state index contributed by atoms with van der Waals surface area (Å²) in [6.07, 6.45) is 0. The van der Waals surface area contributed by atoms with Crippen molar-refractivity contribution in [3.8, 4) is 5.75 Å². The summed E-state index contributed by atoms with van der Waals surface area (Å²) in [7, 11) is -4.12. The van der Waals surface area contributed by atoms with E-state index in [0.717, 1.165) is 0 Å². The number of halogens is 2. The van der Waals surface area contributed by atoms with E-state index in [1.165, 1.54) is 48.5 Å². The van der Waals surface area contributed by atoms with Gasteiger partial charge in [0.2, 0.25) is 0 Å². The summed E-state index contributed by atoms with van der Waals surface area (Å²) in [6.45, 7) is 0. The van der Waals surface area contributed by atoms with Crippen molar-refractivity contribution < 1.29 is 17.0 Å². The second-order valence-corrected chi connectivity index (χ2v) is 6.96. The molecule has 1 aromatic heterocycles. The summed E-state index contributed by atoms with van der Waals surface area (Å²) in [5.41, 5.74) is -0.243. The van der Waals surface area contributed by atoms with Gasteiger partial charge in [0.25, 0.3) is 0 Å². The van der Waals surface area contributed by atoms with Crippen molar-refractivity contribution >= 4 is 44.3 Å². The van der Waals surface area contributed by atoms with Crippen LogP contribution < -0.4 is 9.81 Å². The first kappa shape index (κ1) is 15.9. The highest BCUT2D eigenvalue weighted by Crippen LogP contribution is 2.30. The quantitative estimate of drug-likeness (QED) is 0.516. The summed E-state index contributed by atoms with van der Waals surface area (Å²) in [5, 5.41) is 0.858. The van der Waals surface area contributed by atoms with Crippen LogP contribution in [0.4, 0.5) is 0 Å². The Morgan fingerprint density at radius 2 is 1.74 bits per heavy atom. The Morgan fingerprint density at radius 1 is 0.957 bits per heavy atom. The highest BCUT2D eigenvalue weighted by atomic mass is 35.5. The lowest BCUT2D eigenvalue weighted by molar-refractivity contribution is 0.486. The van der Waals surface area contributed by atoms with E-state index in [1.54, 1.807) is 0 Å². The van der Waals surface area contributed by atoms with Crippen molar-refractivity contribution in [3.63, 3.8) is 0 Å². The summed E-state index contributed by atoms with van der Waals surface area (Å²) < 4.78 is 34.7. The van der Waals surface area contributed by atoms with E-state index < -0.39 is 15.7 Å². The molecule has 8 heteroatoms. The molecule has 23 heavy (non-hydrogen) atoms. The molecule has 118 valence electrons. The molecule has 1 heterocycles. The van der Waals surface area contributed by atoms with Crippen molar-refractivity contribution in [2.75, 3.05) is 0 Å². The fraction of sp³-hybridized carbons (Fsp3) is 0. The zero-order valence-corrected chi connectivity index (χ0v) is 13.7. The monoisotopic (exact) mass is 370 g/mol. The van der Waals surface area contributed by atoms with Gasteiger partial charge in [-0.2, -0.15) is 8.42 Å². The molecule has 0 aliphatic carbocycles. The molecule has 0 fully saturated rings. The second-order valence-electron chi connectivity index (χ2n) is 4.57. The molecule has 0 radical (unpaired) electrons. The van der Waals surface area contributed by atoms with Crippen LogP contribution in [0.3, 0.4) is 0 Å². The van der Waals surface area contributed by atoms with Crippen LogP contribution in [0, 0.1) is 0 Å². The maximum Gasteiger partial charge on any atom is 0.339 e. The highest BCUT2D eigenvalue weighted by Gasteiger charge is 2.19. The first-order valence-electron chi connectivity index (χ1n) is 6.29. The molecule has 3 aromatic rings. The topological polar surface area (TPSA) is 73.6 Å². The lowest BCUT2D eigenvalue weighted by Gasteiger charge is -2.09. The Bertz CT molecular complexity index is 1060. The maximum absolute atomic E-state index is 12.4. The van der Waals surface area contributed by atoms with Gasteiger partial charge in [-0.25, -0.2) is 4.79 Å². The molecule has 3 rings (SSSR count). The normalized spacial score (nSPS) is 11.6. The number of rotatable bonds is 3. The molecule has 0 aliphatic rings. The molecule has 5 nitrogen and oxygen atoms in total. The molecule has 0 N–H and O–H groups in total. The van der Waals surface area contributed by atoms with Crippen molar-refractivity contribution in [1.82, 2.24) is 0 Å². The molecule has 0 saturated heterocycles. The highest BCUT2D eigenvalue weighted by molar-refractivity contribution is 7.87. The molecular formula is C15H8Cl2O5S. The van der Waals surface area contributed by atoms with Crippen LogP contribution >= 0.6 is 23.2 Å². The van der Waals surface area contributed by atoms with Gasteiger partial charge in [0, 0.05) is 22.5 Å². The Hall–Kier alpha value is -2.02. The van der Waals surface area contributed by atoms with Crippen molar-refractivity contribution in [3.05, 3.63) is 69.0 Å². The van der Waals surface area contributed by atoms with Gasteiger partial charge in [-0.3, -0.25) is 0 Å². The maximum atomic E-state index is 12.4. The minimum Gasteiger partial charge on any atom is -0.423 e. The third-order valence-electron chi connectivity index (χ3n) is 2.97. The SMILES string of the molecule is O=c1ccc2cc(S(=O)(=O)Oc3cc(Cl)ccc3Cl)ccc2o1. The van der Waals surface area contributed by atoms with Gasteiger partial charge < -0.3 is 8.60 Å². The smallest absolute Gasteiger partial charge is 0.339 e. The molecule has 0 bridgehead atoms. The predicted octanol–water partition coefficient (Wildman–Crippen LogP) is 3.87. The second kappa shape index (κ2) is 5.88. The number of benzene rings is 2. The van der Waals surface area contributed by atoms with E-state index in [0.29, 0.717) is 10.4 Å². The minimum atomic E-state index is -4.12. The Balaban J connectivity index is 2.04. The average Bonchev–Trinajstić information content (AvgIpc) is 2.50. The molecule has 2 aromatic carbocycles. The lowest BCUT2D eigenvalue weighted by Crippen LogP contribution is -2.10. The first-order valence-corrected chi connectivity index (χ1v) is 8.45. The zero-order chi connectivity index (χ0) is 16.6. The van der Waals surface area contributed by atoms with Gasteiger partial charge in [0.1, 0.15) is 10.5 Å². The van der Waals surface area contributed by atoms with E-state index in [4.69, 9.17) is 31.8 Å². The summed E-state index contributed by atoms with van der Waals surface area (Å²) in [5.74, 6) is -0.0705. The van der Waals surface area contributed by atoms with Crippen LogP contribution in [0.25, 0.3) is 11.0 Å². The van der Waals surface area contributed by atoms with Gasteiger partial charge in [0.15, 0.2) is 5.75 Å². The van der Waals surface area contributed by atoms with E-state index >= 15 is 0 Å². The molecule has 0 amide bonds. The van der Waals surface area contributed by atoms with Gasteiger partial charge in [0.05, 0.1) is 5.02 Å². The van der Waals surface area contributed by atoms with E-state index in [2.05, 4.69) is 0 Å². The summed E-state index contributed by atoms with van der Waals surface area (Å²) >= 11 is 11.7. The van der Waals surface area contributed by atoms with Crippen molar-refractivity contribution in [1.29, 1.82) is 0 Å². The van der Waals surface area contributed by atoms with Gasteiger partial charge in [-0.15, -0.1) is 0 Å². The average molecular weight is 371 g/mol. The predicted molar refractivity (Wildman–Crippen MR) is 86.8 cm³/mol. The summed E-state index contributed by atoms with van der Waals surface area (Å²) in [4.78, 5) is 11.0. The number of hydrogen-bond acceptors (Lipinski definition) is 5. The Morgan fingerprint density at radius 3 is 2.52 bits per heavy atom. The van der Waals surface area contributed by atoms with Crippen molar-refractivity contribution in [2.24, 2.45) is 0 Å². The van der Waals surface area contributed by atoms with E-state index in [1.807, 2.05) is 0 Å². The third kappa shape index (κ3) is 3.34. The van der Waals surface area contributed by atoms with E-state index in [-0.39, 0.29) is 21.3 Å². The molecular weight excluding hydrogens is 363 g/mol. The third-order valence-corrected chi connectivity index (χ3v) is 4.75. The van der Waals surface area contributed by atoms with Crippen LogP contribution in [-0.4, -0.2) is 8.42 Å². The number of fused-ring (bicyclic) bond motifs is 1. The van der Waals surface area contributed by atoms with Gasteiger partial charge in [-0.1, -0.05) is 23.2 Å². The van der Waals surface area contributed by atoms with E-state index in [9.17, 15) is 13.2 Å². The molecule has 0 aliphatic heterocycles. The fourth-order valence-corrected chi connectivity index (χ4v) is 3.25. The molecule has 0 atom stereocenters. The molecule has 0 spiro atoms. The first-order chi connectivity index (χ1) is 10.8. The Labute approximate surface area is 141 Å². The lowest BCUT2D eigenvalue weighted by atomic mass is 10.2. The number of hydrogen-bond donors (Lipinski definition) is 0. The zero-order valence-electron chi connectivity index (χ0n) is 11.3. The summed E-state index contributed by atoms with van der Waals surface area (Å²) in [6, 6.07) is 10.9. The standard InChI is InChI=1S/C15H8Cl2O5S/c16-10-2-4-12(17)14(8-10)22-23(19,20)11-3-5-13-9(7-11)1-6-15(18)21-13/h1-8H. The van der Waals surface area contributed by atoms with Crippen molar-refractivity contribution in [2.45, 2.75) is 4.90 Å². The van der Waals surface area contributed by atoms with Crippen LogP contribution in [0.5, 0.6) is 5.75 Å². The molecule has 0 saturated carbocycles. The van der Waals surface area contributed by atoms with Crippen LogP contribution in [-0.2, 0) is 10.1 Å². The Kier molecular flexibility index (Phi) is 4.06. The van der Waals surface area contributed by atoms with Gasteiger partial charge in [-0.05, 0) is 36.4 Å². The molecule has 0 unspecified atom stereocenters. The fourth-order valence-electron chi connectivity index (χ4n) is 1.91. The largest absolute Gasteiger partial charge is 0.423 e.